The summed E-state index contributed by atoms with van der Waals surface area (Å²) in [6, 6.07) is 11.4. The third kappa shape index (κ3) is 5.26. The van der Waals surface area contributed by atoms with Crippen LogP contribution in [-0.4, -0.2) is 60.5 Å². The molecular weight excluding hydrogens is 474 g/mol. The van der Waals surface area contributed by atoms with Gasteiger partial charge in [-0.15, -0.1) is 10.2 Å². The molecule has 0 spiro atoms. The largest absolute Gasteiger partial charge is 0.492 e. The Morgan fingerprint density at radius 1 is 1.06 bits per heavy atom. The fraction of sp³-hybridized carbons (Fsp3) is 0.240. The minimum atomic E-state index is -0.886. The van der Waals surface area contributed by atoms with Crippen LogP contribution in [0.5, 0.6) is 5.75 Å². The van der Waals surface area contributed by atoms with Crippen LogP contribution in [0.4, 0.5) is 14.5 Å². The van der Waals surface area contributed by atoms with Gasteiger partial charge in [-0.1, -0.05) is 6.07 Å². The van der Waals surface area contributed by atoms with Gasteiger partial charge in [0.2, 0.25) is 0 Å². The van der Waals surface area contributed by atoms with Crippen LogP contribution >= 0.6 is 0 Å². The maximum Gasteiger partial charge on any atom is 0.283 e. The van der Waals surface area contributed by atoms with Crippen molar-refractivity contribution in [1.29, 1.82) is 0 Å². The molecule has 0 radical (unpaired) electrons. The molecule has 9 nitrogen and oxygen atoms in total. The second-order valence-electron chi connectivity index (χ2n) is 7.96. The van der Waals surface area contributed by atoms with Gasteiger partial charge >= 0.3 is 0 Å². The quantitative estimate of drug-likeness (QED) is 0.387. The number of furan rings is 1. The van der Waals surface area contributed by atoms with Gasteiger partial charge < -0.3 is 23.6 Å². The monoisotopic (exact) mass is 496 g/mol. The number of amides is 1. The summed E-state index contributed by atoms with van der Waals surface area (Å²) in [6.07, 6.45) is 1.44. The molecule has 0 unspecified atom stereocenters. The van der Waals surface area contributed by atoms with Gasteiger partial charge in [0.25, 0.3) is 17.7 Å². The maximum atomic E-state index is 15.2. The fourth-order valence-electron chi connectivity index (χ4n) is 3.70. The number of morpholine rings is 1. The molecule has 1 amide bonds. The summed E-state index contributed by atoms with van der Waals surface area (Å²) < 4.78 is 51.4. The van der Waals surface area contributed by atoms with Gasteiger partial charge in [-0.3, -0.25) is 9.69 Å². The molecule has 1 saturated heterocycles. The van der Waals surface area contributed by atoms with Crippen molar-refractivity contribution in [2.24, 2.45) is 0 Å². The first-order chi connectivity index (χ1) is 17.6. The van der Waals surface area contributed by atoms with E-state index in [2.05, 4.69) is 20.4 Å². The Labute approximate surface area is 204 Å². The molecular formula is C25H22F2N4O5. The second-order valence-corrected chi connectivity index (χ2v) is 7.96. The number of ether oxygens (including phenoxy) is 2. The van der Waals surface area contributed by atoms with Gasteiger partial charge in [-0.25, -0.2) is 8.78 Å². The third-order valence-corrected chi connectivity index (χ3v) is 5.60. The zero-order chi connectivity index (χ0) is 24.9. The average Bonchev–Trinajstić information content (AvgIpc) is 3.59. The Bertz CT molecular complexity index is 1340. The number of anilines is 1. The van der Waals surface area contributed by atoms with Gasteiger partial charge in [-0.05, 0) is 36.4 Å². The molecule has 11 heteroatoms. The lowest BCUT2D eigenvalue weighted by atomic mass is 10.1. The van der Waals surface area contributed by atoms with Crippen molar-refractivity contribution < 1.29 is 31.9 Å². The van der Waals surface area contributed by atoms with E-state index in [1.165, 1.54) is 42.7 Å². The Morgan fingerprint density at radius 2 is 1.89 bits per heavy atom. The van der Waals surface area contributed by atoms with E-state index in [1.807, 2.05) is 0 Å². The smallest absolute Gasteiger partial charge is 0.283 e. The zero-order valence-electron chi connectivity index (χ0n) is 19.1. The van der Waals surface area contributed by atoms with E-state index in [4.69, 9.17) is 18.3 Å². The molecule has 1 N–H and O–H groups in total. The number of nitrogens with zero attached hydrogens (tertiary/aromatic N) is 3. The van der Waals surface area contributed by atoms with E-state index in [0.29, 0.717) is 37.9 Å². The van der Waals surface area contributed by atoms with Crippen LogP contribution in [0.25, 0.3) is 23.1 Å². The number of carbonyl (C=O) groups is 1. The number of hydrogen-bond acceptors (Lipinski definition) is 8. The van der Waals surface area contributed by atoms with E-state index in [-0.39, 0.29) is 28.6 Å². The Morgan fingerprint density at radius 3 is 2.69 bits per heavy atom. The number of nitrogens with one attached hydrogen (secondary N) is 1. The van der Waals surface area contributed by atoms with Crippen molar-refractivity contribution in [2.45, 2.75) is 0 Å². The molecule has 1 aliphatic heterocycles. The van der Waals surface area contributed by atoms with Crippen LogP contribution in [-0.2, 0) is 4.74 Å². The number of halogens is 2. The van der Waals surface area contributed by atoms with Crippen molar-refractivity contribution in [3.05, 3.63) is 72.0 Å². The second kappa shape index (κ2) is 10.7. The number of rotatable bonds is 8. The van der Waals surface area contributed by atoms with Crippen molar-refractivity contribution in [3.63, 3.8) is 0 Å². The van der Waals surface area contributed by atoms with Crippen molar-refractivity contribution in [1.82, 2.24) is 15.1 Å². The van der Waals surface area contributed by atoms with E-state index in [0.717, 1.165) is 13.1 Å². The van der Waals surface area contributed by atoms with Crippen LogP contribution < -0.4 is 10.1 Å². The van der Waals surface area contributed by atoms with Gasteiger partial charge in [0.15, 0.2) is 5.76 Å². The maximum absolute atomic E-state index is 15.2. The normalized spacial score (nSPS) is 14.1. The van der Waals surface area contributed by atoms with Crippen molar-refractivity contribution in [2.75, 3.05) is 44.8 Å². The molecule has 1 fully saturated rings. The minimum Gasteiger partial charge on any atom is -0.492 e. The summed E-state index contributed by atoms with van der Waals surface area (Å²) in [5, 5.41) is 10.1. The van der Waals surface area contributed by atoms with Crippen LogP contribution in [0.15, 0.2) is 63.6 Å². The summed E-state index contributed by atoms with van der Waals surface area (Å²) in [5.41, 5.74) is -0.525. The lowest BCUT2D eigenvalue weighted by molar-refractivity contribution is 0.0322. The number of aromatic nitrogens is 2. The third-order valence-electron chi connectivity index (χ3n) is 5.60. The molecule has 2 aromatic carbocycles. The summed E-state index contributed by atoms with van der Waals surface area (Å²) in [5.74, 6) is -1.77. The van der Waals surface area contributed by atoms with Gasteiger partial charge in [0, 0.05) is 25.7 Å². The highest BCUT2D eigenvalue weighted by Gasteiger charge is 2.21. The first-order valence-electron chi connectivity index (χ1n) is 11.3. The molecule has 0 bridgehead atoms. The summed E-state index contributed by atoms with van der Waals surface area (Å²) >= 11 is 0. The zero-order valence-corrected chi connectivity index (χ0v) is 19.1. The molecule has 2 aromatic heterocycles. The standard InChI is InChI=1S/C25H22F2N4O5/c26-19-7-6-16(34-14-10-31-8-12-33-13-9-31)15-20(19)28-23(32)17-3-1-4-18(22(17)27)24-29-30-25(36-24)21-5-2-11-35-21/h1-7,11,15H,8-10,12-14H2,(H,28,32). The summed E-state index contributed by atoms with van der Waals surface area (Å²) in [4.78, 5) is 15.0. The highest BCUT2D eigenvalue weighted by atomic mass is 19.1. The molecule has 0 saturated carbocycles. The predicted octanol–water partition coefficient (Wildman–Crippen LogP) is 4.24. The Kier molecular flexibility index (Phi) is 7.01. The minimum absolute atomic E-state index is 0.0664. The molecule has 0 aliphatic carbocycles. The van der Waals surface area contributed by atoms with E-state index >= 15 is 4.39 Å². The van der Waals surface area contributed by atoms with Crippen molar-refractivity contribution in [3.8, 4) is 28.9 Å². The Balaban J connectivity index is 1.28. The summed E-state index contributed by atoms with van der Waals surface area (Å²) in [6.45, 7) is 4.10. The van der Waals surface area contributed by atoms with Crippen molar-refractivity contribution >= 4 is 11.6 Å². The number of hydrogen-bond donors (Lipinski definition) is 1. The fourth-order valence-corrected chi connectivity index (χ4v) is 3.70. The number of benzene rings is 2. The van der Waals surface area contributed by atoms with Crippen LogP contribution in [0.1, 0.15) is 10.4 Å². The molecule has 1 aliphatic rings. The Hall–Kier alpha value is -4.09. The highest BCUT2D eigenvalue weighted by Crippen LogP contribution is 2.28. The van der Waals surface area contributed by atoms with Gasteiger partial charge in [-0.2, -0.15) is 0 Å². The van der Waals surface area contributed by atoms with Crippen LogP contribution in [0.2, 0.25) is 0 Å². The lowest BCUT2D eigenvalue weighted by Gasteiger charge is -2.26. The molecule has 3 heterocycles. The molecule has 0 atom stereocenters. The van der Waals surface area contributed by atoms with Crippen LogP contribution in [0, 0.1) is 11.6 Å². The van der Waals surface area contributed by atoms with Crippen LogP contribution in [0.3, 0.4) is 0 Å². The molecule has 186 valence electrons. The number of carbonyl (C=O) groups excluding carboxylic acids is 1. The molecule has 4 aromatic rings. The van der Waals surface area contributed by atoms with E-state index < -0.39 is 17.5 Å². The lowest BCUT2D eigenvalue weighted by Crippen LogP contribution is -2.38. The highest BCUT2D eigenvalue weighted by molar-refractivity contribution is 6.05. The molecule has 5 rings (SSSR count). The molecule has 36 heavy (non-hydrogen) atoms. The average molecular weight is 496 g/mol. The van der Waals surface area contributed by atoms with E-state index in [9.17, 15) is 9.18 Å². The topological polar surface area (TPSA) is 103 Å². The predicted molar refractivity (Wildman–Crippen MR) is 125 cm³/mol. The van der Waals surface area contributed by atoms with E-state index in [1.54, 1.807) is 12.1 Å². The van der Waals surface area contributed by atoms with Gasteiger partial charge in [0.1, 0.15) is 24.0 Å². The van der Waals surface area contributed by atoms with Gasteiger partial charge in [0.05, 0.1) is 36.3 Å². The summed E-state index contributed by atoms with van der Waals surface area (Å²) in [7, 11) is 0. The first kappa shape index (κ1) is 23.6. The first-order valence-corrected chi connectivity index (χ1v) is 11.3. The SMILES string of the molecule is O=C(Nc1cc(OCCN2CCOCC2)ccc1F)c1cccc(-c2nnc(-c3ccco3)o2)c1F.